The maximum atomic E-state index is 2.46. The molecule has 0 saturated heterocycles. The predicted molar refractivity (Wildman–Crippen MR) is 87.2 cm³/mol. The van der Waals surface area contributed by atoms with Crippen molar-refractivity contribution in [1.82, 2.24) is 0 Å². The van der Waals surface area contributed by atoms with Crippen LogP contribution in [0.4, 0.5) is 0 Å². The fraction of sp³-hybridized carbons (Fsp3) is 0.684. The Bertz CT molecular complexity index is 356. The van der Waals surface area contributed by atoms with Crippen LogP contribution >= 0.6 is 0 Å². The molecule has 0 aliphatic heterocycles. The minimum atomic E-state index is 0.632. The second-order valence-electron chi connectivity index (χ2n) is 6.52. The highest BCUT2D eigenvalue weighted by Gasteiger charge is 2.12. The first-order valence-electron chi connectivity index (χ1n) is 8.10. The van der Waals surface area contributed by atoms with Gasteiger partial charge in [0.15, 0.2) is 0 Å². The van der Waals surface area contributed by atoms with E-state index in [1.54, 1.807) is 16.7 Å². The van der Waals surface area contributed by atoms with E-state index < -0.39 is 0 Å². The van der Waals surface area contributed by atoms with Crippen LogP contribution in [-0.4, -0.2) is 0 Å². The van der Waals surface area contributed by atoms with Crippen molar-refractivity contribution in [2.75, 3.05) is 0 Å². The summed E-state index contributed by atoms with van der Waals surface area (Å²) in [6, 6.07) is 4.91. The molecule has 0 heterocycles. The summed E-state index contributed by atoms with van der Waals surface area (Å²) in [7, 11) is 0. The van der Waals surface area contributed by atoms with E-state index in [1.807, 2.05) is 0 Å². The average molecular weight is 260 g/mol. The highest BCUT2D eigenvalue weighted by molar-refractivity contribution is 5.41. The largest absolute Gasteiger partial charge is 0.0654 e. The van der Waals surface area contributed by atoms with Crippen LogP contribution in [0.2, 0.25) is 0 Å². The molecule has 0 fully saturated rings. The second kappa shape index (κ2) is 7.72. The monoisotopic (exact) mass is 260 g/mol. The lowest BCUT2D eigenvalue weighted by atomic mass is 9.86. The Balaban J connectivity index is 2.92. The maximum Gasteiger partial charge on any atom is -0.0216 e. The molecule has 0 spiro atoms. The SMILES string of the molecule is CCCCCCc1cc(C(C)C)c(C)c(C(C)C)c1. The molecule has 1 aromatic rings. The highest BCUT2D eigenvalue weighted by Crippen LogP contribution is 2.29. The van der Waals surface area contributed by atoms with Crippen LogP contribution in [0.1, 0.15) is 94.4 Å². The molecule has 0 aromatic heterocycles. The third-order valence-electron chi connectivity index (χ3n) is 4.11. The second-order valence-corrected chi connectivity index (χ2v) is 6.52. The van der Waals surface area contributed by atoms with E-state index in [4.69, 9.17) is 0 Å². The smallest absolute Gasteiger partial charge is 0.0216 e. The zero-order valence-corrected chi connectivity index (χ0v) is 13.8. The van der Waals surface area contributed by atoms with Crippen molar-refractivity contribution < 1.29 is 0 Å². The van der Waals surface area contributed by atoms with Gasteiger partial charge in [-0.05, 0) is 53.9 Å². The van der Waals surface area contributed by atoms with Crippen molar-refractivity contribution in [2.24, 2.45) is 0 Å². The van der Waals surface area contributed by atoms with Gasteiger partial charge in [-0.3, -0.25) is 0 Å². The van der Waals surface area contributed by atoms with E-state index in [9.17, 15) is 0 Å². The van der Waals surface area contributed by atoms with Crippen molar-refractivity contribution in [1.29, 1.82) is 0 Å². The predicted octanol–water partition coefficient (Wildman–Crippen LogP) is 6.36. The normalized spacial score (nSPS) is 11.6. The summed E-state index contributed by atoms with van der Waals surface area (Å²) in [6.45, 7) is 13.8. The van der Waals surface area contributed by atoms with Gasteiger partial charge in [0.05, 0.1) is 0 Å². The number of benzene rings is 1. The molecule has 0 saturated carbocycles. The molecule has 0 heteroatoms. The van der Waals surface area contributed by atoms with Crippen molar-refractivity contribution in [2.45, 2.75) is 85.5 Å². The molecule has 0 amide bonds. The molecule has 108 valence electrons. The first-order valence-corrected chi connectivity index (χ1v) is 8.10. The van der Waals surface area contributed by atoms with Gasteiger partial charge in [0.2, 0.25) is 0 Å². The molecule has 0 aliphatic carbocycles. The van der Waals surface area contributed by atoms with Crippen LogP contribution in [0.15, 0.2) is 12.1 Å². The Labute approximate surface area is 120 Å². The van der Waals surface area contributed by atoms with Crippen molar-refractivity contribution in [3.8, 4) is 0 Å². The van der Waals surface area contributed by atoms with E-state index in [0.29, 0.717) is 11.8 Å². The molecule has 0 bridgehead atoms. The molecular formula is C19H32. The van der Waals surface area contributed by atoms with E-state index in [-0.39, 0.29) is 0 Å². The van der Waals surface area contributed by atoms with E-state index >= 15 is 0 Å². The van der Waals surface area contributed by atoms with Gasteiger partial charge < -0.3 is 0 Å². The van der Waals surface area contributed by atoms with Crippen LogP contribution in [0.5, 0.6) is 0 Å². The Kier molecular flexibility index (Phi) is 6.62. The van der Waals surface area contributed by atoms with Gasteiger partial charge in [-0.25, -0.2) is 0 Å². The van der Waals surface area contributed by atoms with Gasteiger partial charge in [-0.2, -0.15) is 0 Å². The Morgan fingerprint density at radius 2 is 1.37 bits per heavy atom. The zero-order chi connectivity index (χ0) is 14.4. The van der Waals surface area contributed by atoms with E-state index in [1.165, 1.54) is 37.7 Å². The van der Waals surface area contributed by atoms with Gasteiger partial charge >= 0.3 is 0 Å². The maximum absolute atomic E-state index is 2.46. The molecule has 0 unspecified atom stereocenters. The molecule has 0 N–H and O–H groups in total. The van der Waals surface area contributed by atoms with Gasteiger partial charge in [0, 0.05) is 0 Å². The molecule has 19 heavy (non-hydrogen) atoms. The van der Waals surface area contributed by atoms with Crippen LogP contribution in [0.3, 0.4) is 0 Å². The standard InChI is InChI=1S/C19H32/c1-7-8-9-10-11-17-12-18(14(2)3)16(6)19(13-17)15(4)5/h12-15H,7-11H2,1-6H3. The van der Waals surface area contributed by atoms with Crippen molar-refractivity contribution in [3.63, 3.8) is 0 Å². The zero-order valence-electron chi connectivity index (χ0n) is 13.8. The van der Waals surface area contributed by atoms with Crippen LogP contribution in [0, 0.1) is 6.92 Å². The average Bonchev–Trinajstić information content (AvgIpc) is 2.35. The Morgan fingerprint density at radius 1 is 0.842 bits per heavy atom. The number of aryl methyl sites for hydroxylation is 1. The molecule has 1 rings (SSSR count). The highest BCUT2D eigenvalue weighted by atomic mass is 14.2. The number of hydrogen-bond acceptors (Lipinski definition) is 0. The number of unbranched alkanes of at least 4 members (excludes halogenated alkanes) is 3. The Hall–Kier alpha value is -0.780. The van der Waals surface area contributed by atoms with Gasteiger partial charge in [0.25, 0.3) is 0 Å². The van der Waals surface area contributed by atoms with Crippen LogP contribution in [-0.2, 0) is 6.42 Å². The minimum Gasteiger partial charge on any atom is -0.0654 e. The molecule has 0 aliphatic rings. The molecule has 1 aromatic carbocycles. The lowest BCUT2D eigenvalue weighted by Gasteiger charge is -2.19. The summed E-state index contributed by atoms with van der Waals surface area (Å²) >= 11 is 0. The van der Waals surface area contributed by atoms with E-state index in [0.717, 1.165) is 0 Å². The van der Waals surface area contributed by atoms with E-state index in [2.05, 4.69) is 53.7 Å². The molecule has 0 radical (unpaired) electrons. The van der Waals surface area contributed by atoms with Gasteiger partial charge in [0.1, 0.15) is 0 Å². The topological polar surface area (TPSA) is 0 Å². The van der Waals surface area contributed by atoms with Gasteiger partial charge in [-0.1, -0.05) is 66.0 Å². The molecular weight excluding hydrogens is 228 g/mol. The number of hydrogen-bond donors (Lipinski definition) is 0. The first kappa shape index (κ1) is 16.3. The molecule has 0 nitrogen and oxygen atoms in total. The van der Waals surface area contributed by atoms with Crippen molar-refractivity contribution >= 4 is 0 Å². The van der Waals surface area contributed by atoms with Gasteiger partial charge in [-0.15, -0.1) is 0 Å². The van der Waals surface area contributed by atoms with Crippen molar-refractivity contribution in [3.05, 3.63) is 34.4 Å². The number of rotatable bonds is 7. The summed E-state index contributed by atoms with van der Waals surface area (Å²) in [5.74, 6) is 1.26. The minimum absolute atomic E-state index is 0.632. The first-order chi connectivity index (χ1) is 8.97. The summed E-state index contributed by atoms with van der Waals surface area (Å²) in [4.78, 5) is 0. The fourth-order valence-corrected chi connectivity index (χ4v) is 2.92. The fourth-order valence-electron chi connectivity index (χ4n) is 2.92. The third kappa shape index (κ3) is 4.67. The summed E-state index contributed by atoms with van der Waals surface area (Å²) < 4.78 is 0. The lowest BCUT2D eigenvalue weighted by molar-refractivity contribution is 0.665. The van der Waals surface area contributed by atoms with Crippen LogP contribution < -0.4 is 0 Å². The molecule has 0 atom stereocenters. The Morgan fingerprint density at radius 3 is 1.79 bits per heavy atom. The third-order valence-corrected chi connectivity index (χ3v) is 4.11. The summed E-state index contributed by atoms with van der Waals surface area (Å²) in [5, 5.41) is 0. The lowest BCUT2D eigenvalue weighted by Crippen LogP contribution is -2.02. The summed E-state index contributed by atoms with van der Waals surface area (Å²) in [5.41, 5.74) is 6.17. The summed E-state index contributed by atoms with van der Waals surface area (Å²) in [6.07, 6.45) is 6.66. The van der Waals surface area contributed by atoms with Crippen LogP contribution in [0.25, 0.3) is 0 Å². The quantitative estimate of drug-likeness (QED) is 0.500.